The van der Waals surface area contributed by atoms with E-state index in [2.05, 4.69) is 27.9 Å². The highest BCUT2D eigenvalue weighted by Crippen LogP contribution is 2.13. The summed E-state index contributed by atoms with van der Waals surface area (Å²) in [7, 11) is 0. The van der Waals surface area contributed by atoms with E-state index in [1.54, 1.807) is 6.07 Å². The van der Waals surface area contributed by atoms with Gasteiger partial charge in [0, 0.05) is 18.3 Å². The van der Waals surface area contributed by atoms with E-state index in [-0.39, 0.29) is 11.2 Å². The molecule has 0 spiro atoms. The summed E-state index contributed by atoms with van der Waals surface area (Å²) >= 11 is 3.65. The number of hydrogen-bond acceptors (Lipinski definition) is 5. The highest BCUT2D eigenvalue weighted by atomic mass is 32.1. The van der Waals surface area contributed by atoms with E-state index in [4.69, 9.17) is 10.5 Å². The van der Waals surface area contributed by atoms with Gasteiger partial charge in [-0.1, -0.05) is 36.9 Å². The number of nitrogen functional groups attached to an aromatic ring is 1. The number of anilines is 1. The first kappa shape index (κ1) is 15.1. The minimum Gasteiger partial charge on any atom is -0.473 e. The second kappa shape index (κ2) is 6.94. The largest absolute Gasteiger partial charge is 0.473 e. The molecule has 0 saturated heterocycles. The van der Waals surface area contributed by atoms with Crippen LogP contribution in [0, 0.1) is 6.92 Å². The summed E-state index contributed by atoms with van der Waals surface area (Å²) in [4.78, 5) is 18.7. The lowest BCUT2D eigenvalue weighted by molar-refractivity contribution is 0.260. The Balaban J connectivity index is 1.92. The number of thiol groups is 1. The van der Waals surface area contributed by atoms with Gasteiger partial charge in [-0.15, -0.1) is 0 Å². The molecule has 0 saturated carbocycles. The van der Waals surface area contributed by atoms with E-state index in [1.807, 2.05) is 31.2 Å². The van der Waals surface area contributed by atoms with Crippen molar-refractivity contribution in [2.45, 2.75) is 20.1 Å². The van der Waals surface area contributed by atoms with Crippen LogP contribution in [0.1, 0.15) is 16.8 Å². The molecule has 1 aromatic carbocycles. The Labute approximate surface area is 128 Å². The highest BCUT2D eigenvalue weighted by molar-refractivity contribution is 7.96. The summed E-state index contributed by atoms with van der Waals surface area (Å²) in [6.45, 7) is 2.66. The fraction of sp³-hybridized carbons (Fsp3) is 0.214. The topological polar surface area (TPSA) is 90.1 Å². The van der Waals surface area contributed by atoms with Gasteiger partial charge in [0.05, 0.1) is 0 Å². The molecule has 0 radical (unpaired) electrons. The molecule has 0 aliphatic rings. The number of nitrogens with zero attached hydrogens (tertiary/aromatic N) is 2. The molecule has 0 unspecified atom stereocenters. The number of benzene rings is 1. The summed E-state index contributed by atoms with van der Waals surface area (Å²) < 4.78 is 5.58. The summed E-state index contributed by atoms with van der Waals surface area (Å²) in [6, 6.07) is 9.42. The predicted octanol–water partition coefficient (Wildman–Crippen LogP) is 2.09. The van der Waals surface area contributed by atoms with E-state index < -0.39 is 0 Å². The van der Waals surface area contributed by atoms with Gasteiger partial charge in [0.1, 0.15) is 6.61 Å². The molecule has 2 rings (SSSR count). The summed E-state index contributed by atoms with van der Waals surface area (Å²) in [5, 5.41) is 2.27. The molecule has 0 bridgehead atoms. The van der Waals surface area contributed by atoms with Crippen molar-refractivity contribution in [3.63, 3.8) is 0 Å². The molecule has 0 atom stereocenters. The van der Waals surface area contributed by atoms with Gasteiger partial charge in [-0.2, -0.15) is 4.98 Å². The Morgan fingerprint density at radius 2 is 1.95 bits per heavy atom. The van der Waals surface area contributed by atoms with Crippen LogP contribution in [0.2, 0.25) is 0 Å². The van der Waals surface area contributed by atoms with Crippen molar-refractivity contribution in [2.24, 2.45) is 0 Å². The number of amides is 1. The molecule has 6 nitrogen and oxygen atoms in total. The number of ether oxygens (including phenoxy) is 1. The number of nitrogens with two attached hydrogens (primary N) is 1. The maximum atomic E-state index is 10.7. The quantitative estimate of drug-likeness (QED) is 0.736. The molecule has 0 aliphatic heterocycles. The normalized spacial score (nSPS) is 10.2. The molecule has 2 aromatic rings. The van der Waals surface area contributed by atoms with Crippen molar-refractivity contribution in [3.05, 3.63) is 47.2 Å². The SMILES string of the molecule is Cc1cc(OCc2ccc(CNC(=O)S)cc2)nc(N)n1. The fourth-order valence-electron chi connectivity index (χ4n) is 1.72. The van der Waals surface area contributed by atoms with E-state index in [0.29, 0.717) is 19.0 Å². The van der Waals surface area contributed by atoms with Crippen LogP contribution >= 0.6 is 12.6 Å². The standard InChI is InChI=1S/C14H16N4O2S/c1-9-6-12(18-13(15)17-9)20-8-11-4-2-10(3-5-11)7-16-14(19)21/h2-6H,7-8H2,1H3,(H2,15,17,18)(H2,16,19,21). The van der Waals surface area contributed by atoms with Crippen molar-refractivity contribution in [2.75, 3.05) is 5.73 Å². The second-order valence-electron chi connectivity index (χ2n) is 4.47. The van der Waals surface area contributed by atoms with Crippen molar-refractivity contribution in [1.82, 2.24) is 15.3 Å². The number of hydrogen-bond donors (Lipinski definition) is 3. The van der Waals surface area contributed by atoms with Crippen LogP contribution in [-0.2, 0) is 13.2 Å². The Hall–Kier alpha value is -2.28. The number of aryl methyl sites for hydroxylation is 1. The van der Waals surface area contributed by atoms with E-state index >= 15 is 0 Å². The smallest absolute Gasteiger partial charge is 0.276 e. The second-order valence-corrected chi connectivity index (χ2v) is 4.88. The summed E-state index contributed by atoms with van der Waals surface area (Å²) in [5.74, 6) is 0.647. The van der Waals surface area contributed by atoms with Gasteiger partial charge < -0.3 is 15.8 Å². The minimum atomic E-state index is -0.348. The summed E-state index contributed by atoms with van der Waals surface area (Å²) in [5.41, 5.74) is 8.30. The first-order valence-corrected chi connectivity index (χ1v) is 6.76. The predicted molar refractivity (Wildman–Crippen MR) is 83.2 cm³/mol. The molecular weight excluding hydrogens is 288 g/mol. The van der Waals surface area contributed by atoms with Crippen LogP contribution < -0.4 is 15.8 Å². The van der Waals surface area contributed by atoms with E-state index in [9.17, 15) is 4.79 Å². The molecule has 1 aromatic heterocycles. The summed E-state index contributed by atoms with van der Waals surface area (Å²) in [6.07, 6.45) is 0. The number of rotatable bonds is 5. The molecular formula is C14H16N4O2S. The molecule has 1 amide bonds. The Kier molecular flexibility index (Phi) is 4.99. The zero-order valence-electron chi connectivity index (χ0n) is 11.5. The van der Waals surface area contributed by atoms with Crippen LogP contribution in [0.25, 0.3) is 0 Å². The van der Waals surface area contributed by atoms with Crippen LogP contribution in [0.5, 0.6) is 5.88 Å². The lowest BCUT2D eigenvalue weighted by Gasteiger charge is -2.07. The molecule has 3 N–H and O–H groups in total. The minimum absolute atomic E-state index is 0.197. The molecule has 0 fully saturated rings. The van der Waals surface area contributed by atoms with Gasteiger partial charge in [0.15, 0.2) is 0 Å². The first-order chi connectivity index (χ1) is 10.0. The molecule has 21 heavy (non-hydrogen) atoms. The van der Waals surface area contributed by atoms with Gasteiger partial charge in [0.25, 0.3) is 5.24 Å². The average Bonchev–Trinajstić information content (AvgIpc) is 2.43. The van der Waals surface area contributed by atoms with Gasteiger partial charge in [-0.3, -0.25) is 4.79 Å². The highest BCUT2D eigenvalue weighted by Gasteiger charge is 2.02. The zero-order valence-corrected chi connectivity index (χ0v) is 12.4. The van der Waals surface area contributed by atoms with Crippen LogP contribution in [-0.4, -0.2) is 15.2 Å². The number of carbonyl (C=O) groups is 1. The molecule has 7 heteroatoms. The third-order valence-electron chi connectivity index (χ3n) is 2.70. The zero-order chi connectivity index (χ0) is 15.2. The Morgan fingerprint density at radius 3 is 2.57 bits per heavy atom. The molecule has 1 heterocycles. The maximum absolute atomic E-state index is 10.7. The van der Waals surface area contributed by atoms with Gasteiger partial charge >= 0.3 is 0 Å². The Morgan fingerprint density at radius 1 is 1.29 bits per heavy atom. The van der Waals surface area contributed by atoms with Crippen LogP contribution in [0.4, 0.5) is 10.7 Å². The third kappa shape index (κ3) is 4.96. The number of nitrogens with one attached hydrogen (secondary N) is 1. The third-order valence-corrected chi connectivity index (χ3v) is 2.86. The van der Waals surface area contributed by atoms with Gasteiger partial charge in [-0.25, -0.2) is 4.98 Å². The van der Waals surface area contributed by atoms with Crippen molar-refractivity contribution in [1.29, 1.82) is 0 Å². The van der Waals surface area contributed by atoms with Crippen molar-refractivity contribution in [3.8, 4) is 5.88 Å². The van der Waals surface area contributed by atoms with Crippen LogP contribution in [0.15, 0.2) is 30.3 Å². The lowest BCUT2D eigenvalue weighted by atomic mass is 10.1. The maximum Gasteiger partial charge on any atom is 0.276 e. The lowest BCUT2D eigenvalue weighted by Crippen LogP contribution is -2.15. The number of aromatic nitrogens is 2. The molecule has 0 aliphatic carbocycles. The fourth-order valence-corrected chi connectivity index (χ4v) is 1.80. The Bertz CT molecular complexity index is 611. The monoisotopic (exact) mass is 304 g/mol. The van der Waals surface area contributed by atoms with E-state index in [0.717, 1.165) is 16.8 Å². The van der Waals surface area contributed by atoms with Crippen molar-refractivity contribution < 1.29 is 9.53 Å². The number of carbonyl (C=O) groups excluding carboxylic acids is 1. The van der Waals surface area contributed by atoms with Crippen LogP contribution in [0.3, 0.4) is 0 Å². The first-order valence-electron chi connectivity index (χ1n) is 6.31. The van der Waals surface area contributed by atoms with E-state index in [1.165, 1.54) is 0 Å². The average molecular weight is 304 g/mol. The van der Waals surface area contributed by atoms with Gasteiger partial charge in [-0.05, 0) is 18.1 Å². The van der Waals surface area contributed by atoms with Gasteiger partial charge in [0.2, 0.25) is 11.8 Å². The molecule has 110 valence electrons. The van der Waals surface area contributed by atoms with Crippen molar-refractivity contribution >= 4 is 23.8 Å².